The van der Waals surface area contributed by atoms with Crippen LogP contribution in [-0.2, 0) is 12.8 Å². The maximum Gasteiger partial charge on any atom is 0.0406 e. The average molecular weight is 608 g/mol. The fraction of sp³-hybridized carbons (Fsp3) is 0.174. The molecule has 3 aliphatic carbocycles. The van der Waals surface area contributed by atoms with Crippen LogP contribution in [0.15, 0.2) is 157 Å². The molecular weight excluding hydrogens is 567 g/mol. The third-order valence-corrected chi connectivity index (χ3v) is 10.4. The molecule has 5 aromatic carbocycles. The molecule has 2 unspecified atom stereocenters. The lowest BCUT2D eigenvalue weighted by Crippen LogP contribution is -2.20. The molecule has 0 aliphatic heterocycles. The van der Waals surface area contributed by atoms with Crippen molar-refractivity contribution in [1.82, 2.24) is 0 Å². The molecule has 0 N–H and O–H groups in total. The lowest BCUT2D eigenvalue weighted by molar-refractivity contribution is 0.769. The van der Waals surface area contributed by atoms with Gasteiger partial charge in [-0.05, 0) is 106 Å². The molecule has 0 saturated heterocycles. The highest BCUT2D eigenvalue weighted by atomic mass is 15.1. The molecule has 0 bridgehead atoms. The number of hydrogen-bond donors (Lipinski definition) is 0. The minimum Gasteiger partial charge on any atom is -0.348 e. The number of hydrogen-bond acceptors (Lipinski definition) is 1. The summed E-state index contributed by atoms with van der Waals surface area (Å²) < 4.78 is 0. The maximum atomic E-state index is 2.47. The number of benzene rings is 5. The SMILES string of the molecule is Cc1ccc(C2=CC(c3cccc(-c4ccccc4)c3)CC(c3ccc(N(C)C4=CC=CC(c5ccc6c(c5)CC6)C4)cc3)=C2)cc1. The minimum atomic E-state index is 0.295. The summed E-state index contributed by atoms with van der Waals surface area (Å²) in [5.74, 6) is 0.725. The number of aryl methyl sites for hydroxylation is 3. The highest BCUT2D eigenvalue weighted by Crippen LogP contribution is 2.41. The molecule has 0 fully saturated rings. The van der Waals surface area contributed by atoms with Crippen molar-refractivity contribution in [3.63, 3.8) is 0 Å². The summed E-state index contributed by atoms with van der Waals surface area (Å²) in [4.78, 5) is 2.37. The zero-order chi connectivity index (χ0) is 31.7. The molecule has 47 heavy (non-hydrogen) atoms. The second-order valence-electron chi connectivity index (χ2n) is 13.4. The van der Waals surface area contributed by atoms with Gasteiger partial charge in [-0.3, -0.25) is 0 Å². The molecular formula is C46H41N. The molecule has 0 saturated carbocycles. The normalized spacial score (nSPS) is 18.4. The average Bonchev–Trinajstić information content (AvgIpc) is 3.12. The van der Waals surface area contributed by atoms with Crippen molar-refractivity contribution in [2.75, 3.05) is 11.9 Å². The predicted molar refractivity (Wildman–Crippen MR) is 200 cm³/mol. The van der Waals surface area contributed by atoms with Gasteiger partial charge in [-0.15, -0.1) is 0 Å². The second kappa shape index (κ2) is 12.6. The summed E-state index contributed by atoms with van der Waals surface area (Å²) in [6.07, 6.45) is 16.2. The Kier molecular flexibility index (Phi) is 7.83. The summed E-state index contributed by atoms with van der Waals surface area (Å²) in [5.41, 5.74) is 17.5. The van der Waals surface area contributed by atoms with Crippen LogP contribution in [0.3, 0.4) is 0 Å². The van der Waals surface area contributed by atoms with Crippen LogP contribution < -0.4 is 4.90 Å². The van der Waals surface area contributed by atoms with E-state index in [4.69, 9.17) is 0 Å². The van der Waals surface area contributed by atoms with Gasteiger partial charge < -0.3 is 4.90 Å². The van der Waals surface area contributed by atoms with Crippen LogP contribution in [-0.4, -0.2) is 7.05 Å². The van der Waals surface area contributed by atoms with Gasteiger partial charge in [-0.2, -0.15) is 0 Å². The summed E-state index contributed by atoms with van der Waals surface area (Å²) in [5, 5.41) is 0. The van der Waals surface area contributed by atoms with E-state index >= 15 is 0 Å². The summed E-state index contributed by atoms with van der Waals surface area (Å²) >= 11 is 0. The van der Waals surface area contributed by atoms with Crippen LogP contribution in [0.5, 0.6) is 0 Å². The molecule has 1 nitrogen and oxygen atoms in total. The van der Waals surface area contributed by atoms with Crippen LogP contribution in [0.25, 0.3) is 22.3 Å². The summed E-state index contributed by atoms with van der Waals surface area (Å²) in [6.45, 7) is 2.16. The monoisotopic (exact) mass is 607 g/mol. The Morgan fingerprint density at radius 1 is 0.596 bits per heavy atom. The Labute approximate surface area is 279 Å². The van der Waals surface area contributed by atoms with Crippen molar-refractivity contribution < 1.29 is 0 Å². The predicted octanol–water partition coefficient (Wildman–Crippen LogP) is 11.5. The van der Waals surface area contributed by atoms with Crippen LogP contribution in [0.1, 0.15) is 63.6 Å². The molecule has 2 atom stereocenters. The van der Waals surface area contributed by atoms with E-state index in [-0.39, 0.29) is 0 Å². The van der Waals surface area contributed by atoms with Crippen LogP contribution in [0.4, 0.5) is 5.69 Å². The first kappa shape index (κ1) is 29.3. The summed E-state index contributed by atoms with van der Waals surface area (Å²) in [7, 11) is 2.21. The van der Waals surface area contributed by atoms with Gasteiger partial charge in [0.2, 0.25) is 0 Å². The van der Waals surface area contributed by atoms with Gasteiger partial charge in [0.1, 0.15) is 0 Å². The zero-order valence-corrected chi connectivity index (χ0v) is 27.4. The molecule has 0 amide bonds. The quantitative estimate of drug-likeness (QED) is 0.178. The van der Waals surface area contributed by atoms with E-state index < -0.39 is 0 Å². The number of fused-ring (bicyclic) bond motifs is 1. The Bertz CT molecular complexity index is 2040. The molecule has 5 aromatic rings. The van der Waals surface area contributed by atoms with E-state index in [1.54, 1.807) is 5.56 Å². The standard InChI is InChI=1S/C46H41N/c1-32-14-16-35(17-15-32)42-28-43(30-44(29-42)38-11-6-10-37(26-38)33-8-4-3-5-9-33)36-22-24-45(25-23-36)47(2)46-13-7-12-39(31-46)41-21-19-34-18-20-40(34)27-41/h3-17,19,21-29,39,44H,18,20,30-31H2,1-2H3. The molecule has 3 aliphatic rings. The maximum absolute atomic E-state index is 2.47. The van der Waals surface area contributed by atoms with Gasteiger partial charge in [0.25, 0.3) is 0 Å². The first-order chi connectivity index (χ1) is 23.1. The Morgan fingerprint density at radius 2 is 1.34 bits per heavy atom. The van der Waals surface area contributed by atoms with Crippen molar-refractivity contribution in [2.24, 2.45) is 0 Å². The number of allylic oxidation sites excluding steroid dienone is 8. The van der Waals surface area contributed by atoms with Crippen molar-refractivity contribution in [3.8, 4) is 11.1 Å². The lowest BCUT2D eigenvalue weighted by atomic mass is 9.80. The van der Waals surface area contributed by atoms with E-state index in [0.29, 0.717) is 11.8 Å². The van der Waals surface area contributed by atoms with Crippen LogP contribution >= 0.6 is 0 Å². The topological polar surface area (TPSA) is 3.24 Å². The number of anilines is 1. The van der Waals surface area contributed by atoms with E-state index in [0.717, 1.165) is 12.8 Å². The smallest absolute Gasteiger partial charge is 0.0406 e. The lowest BCUT2D eigenvalue weighted by Gasteiger charge is -2.29. The molecule has 1 heteroatoms. The molecule has 0 heterocycles. The number of nitrogens with zero attached hydrogens (tertiary/aromatic N) is 1. The van der Waals surface area contributed by atoms with Gasteiger partial charge in [-0.25, -0.2) is 0 Å². The summed E-state index contributed by atoms with van der Waals surface area (Å²) in [6, 6.07) is 45.1. The third kappa shape index (κ3) is 6.07. The van der Waals surface area contributed by atoms with E-state index in [2.05, 4.69) is 171 Å². The van der Waals surface area contributed by atoms with Gasteiger partial charge in [0.05, 0.1) is 0 Å². The van der Waals surface area contributed by atoms with Gasteiger partial charge in [-0.1, -0.05) is 139 Å². The first-order valence-electron chi connectivity index (χ1n) is 17.1. The Balaban J connectivity index is 1.05. The van der Waals surface area contributed by atoms with Gasteiger partial charge in [0, 0.05) is 30.3 Å². The Hall–Kier alpha value is -5.14. The fourth-order valence-corrected chi connectivity index (χ4v) is 7.38. The van der Waals surface area contributed by atoms with E-state index in [1.165, 1.54) is 79.9 Å². The molecule has 230 valence electrons. The van der Waals surface area contributed by atoms with E-state index in [9.17, 15) is 0 Å². The molecule has 0 spiro atoms. The van der Waals surface area contributed by atoms with E-state index in [1.807, 2.05) is 0 Å². The fourth-order valence-electron chi connectivity index (χ4n) is 7.38. The highest BCUT2D eigenvalue weighted by Gasteiger charge is 2.22. The molecule has 8 rings (SSSR count). The largest absolute Gasteiger partial charge is 0.348 e. The van der Waals surface area contributed by atoms with Crippen LogP contribution in [0, 0.1) is 6.92 Å². The minimum absolute atomic E-state index is 0.295. The Morgan fingerprint density at radius 3 is 2.11 bits per heavy atom. The molecule has 0 radical (unpaired) electrons. The second-order valence-corrected chi connectivity index (χ2v) is 13.4. The number of rotatable bonds is 7. The van der Waals surface area contributed by atoms with Crippen molar-refractivity contribution in [3.05, 3.63) is 196 Å². The van der Waals surface area contributed by atoms with Gasteiger partial charge in [0.15, 0.2) is 0 Å². The first-order valence-corrected chi connectivity index (χ1v) is 17.1. The third-order valence-electron chi connectivity index (χ3n) is 10.4. The van der Waals surface area contributed by atoms with Gasteiger partial charge >= 0.3 is 0 Å². The van der Waals surface area contributed by atoms with Crippen molar-refractivity contribution >= 4 is 16.8 Å². The van der Waals surface area contributed by atoms with Crippen LogP contribution in [0.2, 0.25) is 0 Å². The molecule has 0 aromatic heterocycles. The van der Waals surface area contributed by atoms with Crippen molar-refractivity contribution in [1.29, 1.82) is 0 Å². The van der Waals surface area contributed by atoms with Crippen molar-refractivity contribution in [2.45, 2.75) is 44.4 Å². The highest BCUT2D eigenvalue weighted by molar-refractivity contribution is 5.87. The zero-order valence-electron chi connectivity index (χ0n) is 27.4.